The molecule has 1 aromatic rings. The molecule has 6 heteroatoms. The summed E-state index contributed by atoms with van der Waals surface area (Å²) in [6, 6.07) is 6.54. The fourth-order valence-corrected chi connectivity index (χ4v) is 1.89. The number of amides is 2. The summed E-state index contributed by atoms with van der Waals surface area (Å²) >= 11 is 0. The lowest BCUT2D eigenvalue weighted by Gasteiger charge is -2.31. The third-order valence-corrected chi connectivity index (χ3v) is 3.42. The Morgan fingerprint density at radius 3 is 2.29 bits per heavy atom. The van der Waals surface area contributed by atoms with Crippen LogP contribution in [0.2, 0.25) is 0 Å². The number of benzene rings is 1. The van der Waals surface area contributed by atoms with Gasteiger partial charge < -0.3 is 14.7 Å². The summed E-state index contributed by atoms with van der Waals surface area (Å²) < 4.78 is 5.07. The average molecular weight is 294 g/mol. The molecule has 21 heavy (non-hydrogen) atoms. The maximum absolute atomic E-state index is 12.5. The summed E-state index contributed by atoms with van der Waals surface area (Å²) in [5.74, 6) is -0.323. The van der Waals surface area contributed by atoms with Crippen molar-refractivity contribution in [1.29, 1.82) is 0 Å². The third-order valence-electron chi connectivity index (χ3n) is 3.42. The Kier molecular flexibility index (Phi) is 6.02. The molecule has 2 amide bonds. The van der Waals surface area contributed by atoms with E-state index in [9.17, 15) is 9.59 Å². The van der Waals surface area contributed by atoms with Gasteiger partial charge in [-0.2, -0.15) is 0 Å². The zero-order valence-electron chi connectivity index (χ0n) is 12.9. The highest BCUT2D eigenvalue weighted by atomic mass is 16.5. The van der Waals surface area contributed by atoms with Crippen LogP contribution in [0.4, 0.5) is 10.5 Å². The molecule has 1 atom stereocenters. The van der Waals surface area contributed by atoms with Crippen molar-refractivity contribution in [3.05, 3.63) is 24.3 Å². The second kappa shape index (κ2) is 7.52. The van der Waals surface area contributed by atoms with E-state index >= 15 is 0 Å². The Hall–Kier alpha value is -2.24. The minimum Gasteiger partial charge on any atom is -0.497 e. The zero-order chi connectivity index (χ0) is 16.0. The molecule has 0 aliphatic heterocycles. The number of carboxylic acids is 1. The van der Waals surface area contributed by atoms with Gasteiger partial charge in [0.2, 0.25) is 0 Å². The van der Waals surface area contributed by atoms with Crippen LogP contribution < -0.4 is 9.64 Å². The number of carboxylic acid groups (broad SMARTS) is 1. The molecule has 0 heterocycles. The molecule has 0 radical (unpaired) electrons. The summed E-state index contributed by atoms with van der Waals surface area (Å²) in [5.41, 5.74) is 0.680. The lowest BCUT2D eigenvalue weighted by molar-refractivity contribution is -0.138. The summed E-state index contributed by atoms with van der Waals surface area (Å²) in [7, 11) is 3.20. The van der Waals surface area contributed by atoms with E-state index in [1.807, 2.05) is 13.8 Å². The van der Waals surface area contributed by atoms with Gasteiger partial charge in [-0.1, -0.05) is 6.92 Å². The minimum atomic E-state index is -1.02. The highest BCUT2D eigenvalue weighted by Crippen LogP contribution is 2.20. The number of hydrogen-bond donors (Lipinski definition) is 1. The molecule has 0 aliphatic carbocycles. The van der Waals surface area contributed by atoms with Crippen LogP contribution in [0.1, 0.15) is 20.3 Å². The fourth-order valence-electron chi connectivity index (χ4n) is 1.89. The van der Waals surface area contributed by atoms with Crippen molar-refractivity contribution >= 4 is 17.7 Å². The third kappa shape index (κ3) is 4.37. The van der Waals surface area contributed by atoms with E-state index in [1.165, 1.54) is 9.80 Å². The van der Waals surface area contributed by atoms with E-state index in [4.69, 9.17) is 9.84 Å². The predicted molar refractivity (Wildman–Crippen MR) is 80.9 cm³/mol. The molecule has 0 saturated heterocycles. The van der Waals surface area contributed by atoms with Gasteiger partial charge in [0.05, 0.1) is 7.11 Å². The van der Waals surface area contributed by atoms with Gasteiger partial charge in [0.1, 0.15) is 12.3 Å². The smallest absolute Gasteiger partial charge is 0.324 e. The number of ether oxygens (including phenoxy) is 1. The second-order valence-electron chi connectivity index (χ2n) is 4.82. The van der Waals surface area contributed by atoms with Gasteiger partial charge >= 0.3 is 12.0 Å². The predicted octanol–water partition coefficient (Wildman–Crippen LogP) is 2.44. The molecule has 116 valence electrons. The quantitative estimate of drug-likeness (QED) is 0.875. The molecular formula is C15H22N2O4. The van der Waals surface area contributed by atoms with Crippen molar-refractivity contribution in [2.45, 2.75) is 26.3 Å². The number of carbonyl (C=O) groups is 2. The van der Waals surface area contributed by atoms with Crippen LogP contribution in [-0.2, 0) is 4.79 Å². The van der Waals surface area contributed by atoms with E-state index in [2.05, 4.69) is 0 Å². The van der Waals surface area contributed by atoms with Crippen LogP contribution in [0.15, 0.2) is 24.3 Å². The number of methoxy groups -OCH3 is 1. The standard InChI is InChI=1S/C15H22N2O4/c1-5-11(2)17(10-14(18)19)15(20)16(3)12-6-8-13(21-4)9-7-12/h6-9,11H,5,10H2,1-4H3,(H,18,19). The molecule has 0 aromatic heterocycles. The summed E-state index contributed by atoms with van der Waals surface area (Å²) in [6.07, 6.45) is 0.690. The number of urea groups is 1. The Balaban J connectivity index is 2.92. The van der Waals surface area contributed by atoms with Crippen molar-refractivity contribution in [2.75, 3.05) is 25.6 Å². The minimum absolute atomic E-state index is 0.144. The van der Waals surface area contributed by atoms with E-state index in [1.54, 1.807) is 38.4 Å². The van der Waals surface area contributed by atoms with E-state index in [0.29, 0.717) is 17.9 Å². The highest BCUT2D eigenvalue weighted by Gasteiger charge is 2.25. The van der Waals surface area contributed by atoms with Gasteiger partial charge in [-0.05, 0) is 37.6 Å². The van der Waals surface area contributed by atoms with Crippen LogP contribution in [0.5, 0.6) is 5.75 Å². The van der Waals surface area contributed by atoms with Gasteiger partial charge in [-0.3, -0.25) is 9.69 Å². The van der Waals surface area contributed by atoms with Crippen LogP contribution in [0.25, 0.3) is 0 Å². The molecule has 0 fully saturated rings. The molecule has 1 unspecified atom stereocenters. The molecule has 1 aromatic carbocycles. The molecule has 0 aliphatic rings. The first-order chi connectivity index (χ1) is 9.90. The number of nitrogens with zero attached hydrogens (tertiary/aromatic N) is 2. The average Bonchev–Trinajstić information content (AvgIpc) is 2.50. The fraction of sp³-hybridized carbons (Fsp3) is 0.467. The molecule has 0 bridgehead atoms. The monoisotopic (exact) mass is 294 g/mol. The molecule has 0 saturated carbocycles. The lowest BCUT2D eigenvalue weighted by Crippen LogP contribution is -2.48. The maximum atomic E-state index is 12.5. The van der Waals surface area contributed by atoms with Gasteiger partial charge in [-0.15, -0.1) is 0 Å². The van der Waals surface area contributed by atoms with Crippen LogP contribution in [-0.4, -0.2) is 48.8 Å². The number of anilines is 1. The molecule has 1 rings (SSSR count). The molecule has 0 spiro atoms. The number of aliphatic carboxylic acids is 1. The largest absolute Gasteiger partial charge is 0.497 e. The van der Waals surface area contributed by atoms with Crippen molar-refractivity contribution in [2.24, 2.45) is 0 Å². The van der Waals surface area contributed by atoms with Gasteiger partial charge in [-0.25, -0.2) is 4.79 Å². The van der Waals surface area contributed by atoms with E-state index < -0.39 is 5.97 Å². The molecule has 6 nitrogen and oxygen atoms in total. The molecular weight excluding hydrogens is 272 g/mol. The van der Waals surface area contributed by atoms with Gasteiger partial charge in [0.25, 0.3) is 0 Å². The number of hydrogen-bond acceptors (Lipinski definition) is 3. The summed E-state index contributed by atoms with van der Waals surface area (Å²) in [6.45, 7) is 3.44. The number of carbonyl (C=O) groups excluding carboxylic acids is 1. The van der Waals surface area contributed by atoms with Crippen molar-refractivity contribution in [1.82, 2.24) is 4.90 Å². The first kappa shape index (κ1) is 16.8. The van der Waals surface area contributed by atoms with Gasteiger partial charge in [0, 0.05) is 18.8 Å². The Bertz CT molecular complexity index is 487. The van der Waals surface area contributed by atoms with Crippen molar-refractivity contribution in [3.8, 4) is 5.75 Å². The van der Waals surface area contributed by atoms with Crippen LogP contribution in [0.3, 0.4) is 0 Å². The van der Waals surface area contributed by atoms with E-state index in [-0.39, 0.29) is 18.6 Å². The first-order valence-electron chi connectivity index (χ1n) is 6.80. The lowest BCUT2D eigenvalue weighted by atomic mass is 10.2. The van der Waals surface area contributed by atoms with Crippen LogP contribution >= 0.6 is 0 Å². The SMILES string of the molecule is CCC(C)N(CC(=O)O)C(=O)N(C)c1ccc(OC)cc1. The van der Waals surface area contributed by atoms with Crippen LogP contribution in [0, 0.1) is 0 Å². The van der Waals surface area contributed by atoms with E-state index in [0.717, 1.165) is 0 Å². The van der Waals surface area contributed by atoms with Crippen molar-refractivity contribution in [3.63, 3.8) is 0 Å². The molecule has 1 N–H and O–H groups in total. The van der Waals surface area contributed by atoms with Gasteiger partial charge in [0.15, 0.2) is 0 Å². The highest BCUT2D eigenvalue weighted by molar-refractivity contribution is 5.93. The Labute approximate surface area is 124 Å². The Morgan fingerprint density at radius 2 is 1.86 bits per heavy atom. The Morgan fingerprint density at radius 1 is 1.29 bits per heavy atom. The normalized spacial score (nSPS) is 11.6. The maximum Gasteiger partial charge on any atom is 0.324 e. The zero-order valence-corrected chi connectivity index (χ0v) is 12.9. The van der Waals surface area contributed by atoms with Crippen molar-refractivity contribution < 1.29 is 19.4 Å². The number of rotatable bonds is 6. The topological polar surface area (TPSA) is 70.1 Å². The summed E-state index contributed by atoms with van der Waals surface area (Å²) in [4.78, 5) is 26.2. The second-order valence-corrected chi connectivity index (χ2v) is 4.82. The first-order valence-corrected chi connectivity index (χ1v) is 6.80. The summed E-state index contributed by atoms with van der Waals surface area (Å²) in [5, 5.41) is 8.97.